The first-order valence-electron chi connectivity index (χ1n) is 4.84. The van der Waals surface area contributed by atoms with Crippen LogP contribution in [0.5, 0.6) is 0 Å². The third kappa shape index (κ3) is 2.83. The van der Waals surface area contributed by atoms with Gasteiger partial charge in [-0.1, -0.05) is 33.8 Å². The van der Waals surface area contributed by atoms with Crippen molar-refractivity contribution in [2.45, 2.75) is 13.3 Å². The van der Waals surface area contributed by atoms with Crippen LogP contribution in [0.2, 0.25) is 10.0 Å². The molecule has 0 aliphatic heterocycles. The molecule has 0 bridgehead atoms. The van der Waals surface area contributed by atoms with Crippen LogP contribution in [0.25, 0.3) is 0 Å². The van der Waals surface area contributed by atoms with Gasteiger partial charge in [0.2, 0.25) is 0 Å². The first-order chi connectivity index (χ1) is 8.08. The molecule has 3 nitrogen and oxygen atoms in total. The molecule has 0 atom stereocenters. The van der Waals surface area contributed by atoms with Crippen molar-refractivity contribution in [1.82, 2.24) is 9.59 Å². The topological polar surface area (TPSA) is 42.9 Å². The fourth-order valence-corrected chi connectivity index (χ4v) is 2.47. The zero-order valence-corrected chi connectivity index (χ0v) is 11.2. The predicted octanol–water partition coefficient (Wildman–Crippen LogP) is 3.58. The highest BCUT2D eigenvalue weighted by molar-refractivity contribution is 7.08. The molecule has 17 heavy (non-hydrogen) atoms. The molecule has 1 heterocycles. The van der Waals surface area contributed by atoms with Gasteiger partial charge < -0.3 is 0 Å². The molecule has 0 N–H and O–H groups in total. The van der Waals surface area contributed by atoms with E-state index in [1.54, 1.807) is 25.1 Å². The maximum Gasteiger partial charge on any atom is 0.180 e. The summed E-state index contributed by atoms with van der Waals surface area (Å²) in [4.78, 5) is 12.6. The molecule has 1 aromatic heterocycles. The molecule has 88 valence electrons. The first kappa shape index (κ1) is 12.5. The second-order valence-corrected chi connectivity index (χ2v) is 5.12. The van der Waals surface area contributed by atoms with Crippen LogP contribution in [0.3, 0.4) is 0 Å². The minimum absolute atomic E-state index is 0.0262. The molecule has 0 saturated carbocycles. The fourth-order valence-electron chi connectivity index (χ4n) is 1.40. The number of Topliss-reactive ketones (excluding diaryl/α,β-unsaturated/α-hetero) is 1. The molecule has 0 aliphatic rings. The van der Waals surface area contributed by atoms with E-state index in [0.717, 1.165) is 17.1 Å². The number of aryl methyl sites for hydroxylation is 1. The lowest BCUT2D eigenvalue weighted by Gasteiger charge is -2.03. The zero-order chi connectivity index (χ0) is 12.4. The molecule has 0 fully saturated rings. The van der Waals surface area contributed by atoms with E-state index in [4.69, 9.17) is 23.2 Å². The van der Waals surface area contributed by atoms with Gasteiger partial charge >= 0.3 is 0 Å². The molecule has 0 unspecified atom stereocenters. The Kier molecular flexibility index (Phi) is 3.76. The van der Waals surface area contributed by atoms with Crippen LogP contribution in [0.1, 0.15) is 20.9 Å². The highest BCUT2D eigenvalue weighted by atomic mass is 35.5. The average molecular weight is 287 g/mol. The Balaban J connectivity index is 2.22. The Hall–Kier alpha value is -0.970. The number of nitrogens with zero attached hydrogens (tertiary/aromatic N) is 2. The quantitative estimate of drug-likeness (QED) is 0.810. The molecule has 0 aliphatic carbocycles. The zero-order valence-electron chi connectivity index (χ0n) is 8.91. The molecule has 6 heteroatoms. The van der Waals surface area contributed by atoms with Crippen LogP contribution in [-0.2, 0) is 6.42 Å². The molecule has 0 radical (unpaired) electrons. The SMILES string of the molecule is Cc1nnsc1C(=O)Cc1ccc(Cl)cc1Cl. The van der Waals surface area contributed by atoms with Gasteiger partial charge in [0, 0.05) is 16.5 Å². The standard InChI is InChI=1S/C11H8Cl2N2OS/c1-6-11(17-15-14-6)10(16)4-7-2-3-8(12)5-9(7)13/h2-3,5H,4H2,1H3. The third-order valence-corrected chi connectivity index (χ3v) is 3.73. The summed E-state index contributed by atoms with van der Waals surface area (Å²) in [5.41, 5.74) is 1.42. The molecule has 1 aromatic carbocycles. The van der Waals surface area contributed by atoms with Crippen LogP contribution in [0.15, 0.2) is 18.2 Å². The second kappa shape index (κ2) is 5.12. The van der Waals surface area contributed by atoms with Crippen molar-refractivity contribution in [3.05, 3.63) is 44.4 Å². The number of rotatable bonds is 3. The summed E-state index contributed by atoms with van der Waals surface area (Å²) in [5, 5.41) is 4.87. The second-order valence-electron chi connectivity index (χ2n) is 3.52. The summed E-state index contributed by atoms with van der Waals surface area (Å²) in [5.74, 6) is -0.0262. The summed E-state index contributed by atoms with van der Waals surface area (Å²) in [6, 6.07) is 5.10. The number of hydrogen-bond acceptors (Lipinski definition) is 4. The van der Waals surface area contributed by atoms with Crippen LogP contribution < -0.4 is 0 Å². The van der Waals surface area contributed by atoms with Gasteiger partial charge in [0.05, 0.1) is 5.69 Å². The first-order valence-corrected chi connectivity index (χ1v) is 6.37. The van der Waals surface area contributed by atoms with E-state index in [0.29, 0.717) is 20.6 Å². The molecule has 0 amide bonds. The van der Waals surface area contributed by atoms with Gasteiger partial charge in [-0.3, -0.25) is 4.79 Å². The van der Waals surface area contributed by atoms with Crippen LogP contribution in [0, 0.1) is 6.92 Å². The van der Waals surface area contributed by atoms with Crippen molar-refractivity contribution in [3.8, 4) is 0 Å². The molecule has 2 aromatic rings. The van der Waals surface area contributed by atoms with Gasteiger partial charge in [-0.2, -0.15) is 0 Å². The summed E-state index contributed by atoms with van der Waals surface area (Å²) in [6.45, 7) is 1.76. The van der Waals surface area contributed by atoms with Crippen molar-refractivity contribution in [2.24, 2.45) is 0 Å². The van der Waals surface area contributed by atoms with Gasteiger partial charge in [0.1, 0.15) is 4.88 Å². The third-order valence-electron chi connectivity index (χ3n) is 2.27. The summed E-state index contributed by atoms with van der Waals surface area (Å²) < 4.78 is 3.74. The lowest BCUT2D eigenvalue weighted by molar-refractivity contribution is 0.0996. The fraction of sp³-hybridized carbons (Fsp3) is 0.182. The minimum atomic E-state index is -0.0262. The number of aromatic nitrogens is 2. The van der Waals surface area contributed by atoms with Gasteiger partial charge in [-0.25, -0.2) is 0 Å². The number of carbonyl (C=O) groups is 1. The Morgan fingerprint density at radius 3 is 2.76 bits per heavy atom. The van der Waals surface area contributed by atoms with E-state index >= 15 is 0 Å². The molecule has 2 rings (SSSR count). The Morgan fingerprint density at radius 2 is 2.18 bits per heavy atom. The number of carbonyl (C=O) groups excluding carboxylic acids is 1. The van der Waals surface area contributed by atoms with E-state index in [-0.39, 0.29) is 12.2 Å². The normalized spacial score (nSPS) is 10.5. The van der Waals surface area contributed by atoms with Crippen LogP contribution >= 0.6 is 34.7 Å². The smallest absolute Gasteiger partial charge is 0.180 e. The van der Waals surface area contributed by atoms with Gasteiger partial charge in [0.25, 0.3) is 0 Å². The van der Waals surface area contributed by atoms with E-state index in [2.05, 4.69) is 9.59 Å². The largest absolute Gasteiger partial charge is 0.293 e. The average Bonchev–Trinajstić information content (AvgIpc) is 2.68. The highest BCUT2D eigenvalue weighted by Gasteiger charge is 2.15. The Morgan fingerprint density at radius 1 is 1.41 bits per heavy atom. The van der Waals surface area contributed by atoms with Gasteiger partial charge in [0.15, 0.2) is 5.78 Å². The van der Waals surface area contributed by atoms with Crippen molar-refractivity contribution in [3.63, 3.8) is 0 Å². The number of hydrogen-bond donors (Lipinski definition) is 0. The molecule has 0 spiro atoms. The maximum absolute atomic E-state index is 12.0. The van der Waals surface area contributed by atoms with Crippen molar-refractivity contribution in [2.75, 3.05) is 0 Å². The van der Waals surface area contributed by atoms with Crippen molar-refractivity contribution in [1.29, 1.82) is 0 Å². The lowest BCUT2D eigenvalue weighted by atomic mass is 10.1. The monoisotopic (exact) mass is 286 g/mol. The molecular formula is C11H8Cl2N2OS. The van der Waals surface area contributed by atoms with Gasteiger partial charge in [-0.15, -0.1) is 5.10 Å². The number of ketones is 1. The maximum atomic E-state index is 12.0. The lowest BCUT2D eigenvalue weighted by Crippen LogP contribution is -2.03. The van der Waals surface area contributed by atoms with E-state index in [1.165, 1.54) is 0 Å². The highest BCUT2D eigenvalue weighted by Crippen LogP contribution is 2.23. The van der Waals surface area contributed by atoms with E-state index in [9.17, 15) is 4.79 Å². The van der Waals surface area contributed by atoms with Crippen molar-refractivity contribution < 1.29 is 4.79 Å². The summed E-state index contributed by atoms with van der Waals surface area (Å²) >= 11 is 12.9. The molecule has 0 saturated heterocycles. The Bertz CT molecular complexity index is 568. The minimum Gasteiger partial charge on any atom is -0.293 e. The Labute approximate surface area is 113 Å². The van der Waals surface area contributed by atoms with Crippen LogP contribution in [-0.4, -0.2) is 15.4 Å². The number of benzene rings is 1. The predicted molar refractivity (Wildman–Crippen MR) is 69.1 cm³/mol. The summed E-state index contributed by atoms with van der Waals surface area (Å²) in [7, 11) is 0. The van der Waals surface area contributed by atoms with Gasteiger partial charge in [-0.05, 0) is 36.2 Å². The van der Waals surface area contributed by atoms with Crippen molar-refractivity contribution >= 4 is 40.5 Å². The summed E-state index contributed by atoms with van der Waals surface area (Å²) in [6.07, 6.45) is 0.237. The number of halogens is 2. The van der Waals surface area contributed by atoms with E-state index in [1.807, 2.05) is 0 Å². The van der Waals surface area contributed by atoms with Crippen LogP contribution in [0.4, 0.5) is 0 Å². The van der Waals surface area contributed by atoms with E-state index < -0.39 is 0 Å². The molecular weight excluding hydrogens is 279 g/mol.